The van der Waals surface area contributed by atoms with E-state index in [1.807, 2.05) is 42.5 Å². The number of hydrogen-bond acceptors (Lipinski definition) is 7. The number of rotatable bonds is 9. The molecule has 9 nitrogen and oxygen atoms in total. The highest BCUT2D eigenvalue weighted by Gasteiger charge is 2.57. The molecule has 2 heterocycles. The van der Waals surface area contributed by atoms with Crippen molar-refractivity contribution in [1.82, 2.24) is 14.7 Å². The van der Waals surface area contributed by atoms with E-state index in [4.69, 9.17) is 14.2 Å². The SMILES string of the molecule is COc1cccc(CN2C(=O)N(CCO)C3(CCN(Cc4cc(OC)cc(OC)c4)CC3)C2=O)c1. The number of ether oxygens (including phenoxy) is 3. The van der Waals surface area contributed by atoms with Gasteiger partial charge in [-0.3, -0.25) is 14.6 Å². The second-order valence-corrected chi connectivity index (χ2v) is 8.93. The quantitative estimate of drug-likeness (QED) is 0.548. The van der Waals surface area contributed by atoms with Gasteiger partial charge in [-0.2, -0.15) is 0 Å². The summed E-state index contributed by atoms with van der Waals surface area (Å²) < 4.78 is 16.0. The van der Waals surface area contributed by atoms with Crippen LogP contribution >= 0.6 is 0 Å². The van der Waals surface area contributed by atoms with Gasteiger partial charge in [0.2, 0.25) is 0 Å². The van der Waals surface area contributed by atoms with Gasteiger partial charge < -0.3 is 24.2 Å². The monoisotopic (exact) mass is 483 g/mol. The number of nitrogens with zero attached hydrogens (tertiary/aromatic N) is 3. The molecule has 9 heteroatoms. The number of amides is 3. The molecule has 2 aromatic rings. The fourth-order valence-corrected chi connectivity index (χ4v) is 5.07. The Hall–Kier alpha value is -3.30. The number of aliphatic hydroxyl groups excluding tert-OH is 1. The molecule has 1 N–H and O–H groups in total. The number of likely N-dealkylation sites (tertiary alicyclic amines) is 1. The van der Waals surface area contributed by atoms with Crippen LogP contribution in [-0.2, 0) is 17.9 Å². The summed E-state index contributed by atoms with van der Waals surface area (Å²) in [6.45, 7) is 2.08. The zero-order valence-electron chi connectivity index (χ0n) is 20.5. The minimum Gasteiger partial charge on any atom is -0.497 e. The third-order valence-electron chi connectivity index (χ3n) is 6.92. The van der Waals surface area contributed by atoms with E-state index in [1.54, 1.807) is 26.2 Å². The number of carbonyl (C=O) groups is 2. The third-order valence-corrected chi connectivity index (χ3v) is 6.92. The maximum absolute atomic E-state index is 13.7. The van der Waals surface area contributed by atoms with Crippen molar-refractivity contribution in [2.75, 3.05) is 47.6 Å². The smallest absolute Gasteiger partial charge is 0.328 e. The van der Waals surface area contributed by atoms with Gasteiger partial charge in [-0.1, -0.05) is 12.1 Å². The van der Waals surface area contributed by atoms with Crippen LogP contribution in [0.2, 0.25) is 0 Å². The Kier molecular flexibility index (Phi) is 7.47. The van der Waals surface area contributed by atoms with Gasteiger partial charge in [0.05, 0.1) is 34.5 Å². The molecule has 0 bridgehead atoms. The molecule has 1 spiro atoms. The van der Waals surface area contributed by atoms with Crippen LogP contribution in [0.4, 0.5) is 4.79 Å². The maximum Gasteiger partial charge on any atom is 0.328 e. The number of benzene rings is 2. The number of β-amino-alcohol motifs (C(OH)–C–C–N with tert-alkyl or cyclic N) is 1. The van der Waals surface area contributed by atoms with E-state index in [0.717, 1.165) is 22.6 Å². The van der Waals surface area contributed by atoms with Gasteiger partial charge in [0.1, 0.15) is 22.8 Å². The van der Waals surface area contributed by atoms with Crippen molar-refractivity contribution in [2.45, 2.75) is 31.5 Å². The molecule has 0 unspecified atom stereocenters. The second-order valence-electron chi connectivity index (χ2n) is 8.93. The number of imide groups is 1. The molecule has 2 aliphatic heterocycles. The van der Waals surface area contributed by atoms with E-state index >= 15 is 0 Å². The largest absolute Gasteiger partial charge is 0.497 e. The fourth-order valence-electron chi connectivity index (χ4n) is 5.07. The molecule has 4 rings (SSSR count). The first-order chi connectivity index (χ1) is 16.9. The van der Waals surface area contributed by atoms with Crippen LogP contribution in [0.15, 0.2) is 42.5 Å². The van der Waals surface area contributed by atoms with E-state index in [-0.39, 0.29) is 31.6 Å². The van der Waals surface area contributed by atoms with E-state index in [0.29, 0.717) is 38.2 Å². The molecule has 0 saturated carbocycles. The van der Waals surface area contributed by atoms with Crippen molar-refractivity contribution in [3.8, 4) is 17.2 Å². The van der Waals surface area contributed by atoms with E-state index in [2.05, 4.69) is 4.90 Å². The highest BCUT2D eigenvalue weighted by molar-refractivity contribution is 6.07. The van der Waals surface area contributed by atoms with Crippen LogP contribution in [-0.4, -0.2) is 84.9 Å². The average Bonchev–Trinajstić information content (AvgIpc) is 3.07. The summed E-state index contributed by atoms with van der Waals surface area (Å²) in [5.41, 5.74) is 0.940. The molecule has 0 aromatic heterocycles. The lowest BCUT2D eigenvalue weighted by molar-refractivity contribution is -0.136. The summed E-state index contributed by atoms with van der Waals surface area (Å²) in [6.07, 6.45) is 1.01. The zero-order valence-corrected chi connectivity index (χ0v) is 20.5. The number of piperidine rings is 1. The highest BCUT2D eigenvalue weighted by Crippen LogP contribution is 2.38. The lowest BCUT2D eigenvalue weighted by Gasteiger charge is -2.42. The Morgan fingerprint density at radius 3 is 2.09 bits per heavy atom. The number of aliphatic hydroxyl groups is 1. The van der Waals surface area contributed by atoms with Crippen LogP contribution in [0.5, 0.6) is 17.2 Å². The van der Waals surface area contributed by atoms with Crippen molar-refractivity contribution in [1.29, 1.82) is 0 Å². The van der Waals surface area contributed by atoms with Gasteiger partial charge in [-0.05, 0) is 48.2 Å². The predicted molar refractivity (Wildman–Crippen MR) is 130 cm³/mol. The highest BCUT2D eigenvalue weighted by atomic mass is 16.5. The molecular weight excluding hydrogens is 450 g/mol. The Morgan fingerprint density at radius 2 is 1.49 bits per heavy atom. The van der Waals surface area contributed by atoms with E-state index in [9.17, 15) is 14.7 Å². The minimum absolute atomic E-state index is 0.131. The topological polar surface area (TPSA) is 91.8 Å². The Bertz CT molecular complexity index is 1040. The maximum atomic E-state index is 13.7. The van der Waals surface area contributed by atoms with Crippen molar-refractivity contribution < 1.29 is 28.9 Å². The van der Waals surface area contributed by atoms with Gasteiger partial charge in [0.15, 0.2) is 0 Å². The lowest BCUT2D eigenvalue weighted by Crippen LogP contribution is -2.57. The van der Waals surface area contributed by atoms with Crippen molar-refractivity contribution in [3.63, 3.8) is 0 Å². The van der Waals surface area contributed by atoms with Crippen molar-refractivity contribution in [2.24, 2.45) is 0 Å². The van der Waals surface area contributed by atoms with Crippen molar-refractivity contribution in [3.05, 3.63) is 53.6 Å². The molecule has 35 heavy (non-hydrogen) atoms. The van der Waals surface area contributed by atoms with Gasteiger partial charge in [-0.15, -0.1) is 0 Å². The summed E-state index contributed by atoms with van der Waals surface area (Å²) in [5, 5.41) is 9.66. The molecule has 2 aliphatic rings. The van der Waals surface area contributed by atoms with Gasteiger partial charge in [0, 0.05) is 32.2 Å². The minimum atomic E-state index is -0.929. The average molecular weight is 484 g/mol. The third kappa shape index (κ3) is 4.92. The van der Waals surface area contributed by atoms with E-state index in [1.165, 1.54) is 4.90 Å². The van der Waals surface area contributed by atoms with Gasteiger partial charge in [-0.25, -0.2) is 4.79 Å². The molecule has 2 saturated heterocycles. The molecule has 2 aromatic carbocycles. The summed E-state index contributed by atoms with van der Waals surface area (Å²) in [6, 6.07) is 12.8. The van der Waals surface area contributed by atoms with Crippen LogP contribution < -0.4 is 14.2 Å². The lowest BCUT2D eigenvalue weighted by atomic mass is 9.85. The first kappa shape index (κ1) is 24.8. The molecule has 3 amide bonds. The molecule has 0 atom stereocenters. The number of hydrogen-bond donors (Lipinski definition) is 1. The van der Waals surface area contributed by atoms with Crippen LogP contribution in [0.3, 0.4) is 0 Å². The predicted octanol–water partition coefficient (Wildman–Crippen LogP) is 2.50. The van der Waals surface area contributed by atoms with Crippen LogP contribution in [0.1, 0.15) is 24.0 Å². The number of methoxy groups -OCH3 is 3. The zero-order chi connectivity index (χ0) is 25.0. The van der Waals surface area contributed by atoms with Crippen LogP contribution in [0.25, 0.3) is 0 Å². The Labute approximate surface area is 205 Å². The normalized spacial score (nSPS) is 17.8. The fraction of sp³-hybridized carbons (Fsp3) is 0.462. The first-order valence-corrected chi connectivity index (χ1v) is 11.8. The summed E-state index contributed by atoms with van der Waals surface area (Å²) in [5.74, 6) is 1.94. The van der Waals surface area contributed by atoms with Gasteiger partial charge >= 0.3 is 6.03 Å². The van der Waals surface area contributed by atoms with Crippen molar-refractivity contribution >= 4 is 11.9 Å². The molecule has 2 fully saturated rings. The molecule has 188 valence electrons. The van der Waals surface area contributed by atoms with E-state index < -0.39 is 5.54 Å². The number of urea groups is 1. The number of carbonyl (C=O) groups excluding carboxylic acids is 2. The summed E-state index contributed by atoms with van der Waals surface area (Å²) in [7, 11) is 4.83. The molecule has 0 radical (unpaired) electrons. The first-order valence-electron chi connectivity index (χ1n) is 11.8. The standard InChI is InChI=1S/C26H33N3O6/c1-33-21-6-4-5-19(13-21)18-28-24(31)26(29(11-12-30)25(28)32)7-9-27(10-8-26)17-20-14-22(34-2)16-23(15-20)35-3/h4-6,13-16,30H,7-12,17-18H2,1-3H3. The van der Waals surface area contributed by atoms with Crippen LogP contribution in [0, 0.1) is 0 Å². The second kappa shape index (κ2) is 10.5. The molecular formula is C26H33N3O6. The summed E-state index contributed by atoms with van der Waals surface area (Å²) in [4.78, 5) is 32.1. The summed E-state index contributed by atoms with van der Waals surface area (Å²) >= 11 is 0. The Morgan fingerprint density at radius 1 is 0.857 bits per heavy atom. The Balaban J connectivity index is 1.50. The molecule has 0 aliphatic carbocycles. The van der Waals surface area contributed by atoms with Gasteiger partial charge in [0.25, 0.3) is 5.91 Å².